The van der Waals surface area contributed by atoms with E-state index >= 15 is 0 Å². The van der Waals surface area contributed by atoms with Crippen molar-refractivity contribution >= 4 is 17.6 Å². The van der Waals surface area contributed by atoms with Crippen molar-refractivity contribution in [2.24, 2.45) is 0 Å². The second kappa shape index (κ2) is 9.35. The summed E-state index contributed by atoms with van der Waals surface area (Å²) in [6.07, 6.45) is -4.59. The molecule has 168 valence electrons. The maximum atomic E-state index is 13.0. The molecule has 0 saturated carbocycles. The second-order valence-electron chi connectivity index (χ2n) is 6.78. The number of anilines is 1. The lowest BCUT2D eigenvalue weighted by Gasteiger charge is -2.13. The van der Waals surface area contributed by atoms with Gasteiger partial charge >= 0.3 is 12.1 Å². The number of halogens is 3. The van der Waals surface area contributed by atoms with Gasteiger partial charge in [0.25, 0.3) is 5.91 Å². The van der Waals surface area contributed by atoms with Gasteiger partial charge in [0.1, 0.15) is 0 Å². The van der Waals surface area contributed by atoms with Crippen LogP contribution in [0.5, 0.6) is 0 Å². The molecule has 0 fully saturated rings. The molecule has 1 aromatic heterocycles. The van der Waals surface area contributed by atoms with Gasteiger partial charge in [-0.1, -0.05) is 12.1 Å². The fourth-order valence-electron chi connectivity index (χ4n) is 2.83. The standard InChI is InChI=1S/C22H15F3N4O4/c1-13-8-18(30)20(28-29(13)17-7-3-5-15(10-17)22(23,24)25)21(32)33-12-19(31)27-16-6-2-4-14(9-16)11-26/h2-10H,12H2,1H3,(H,27,31). The van der Waals surface area contributed by atoms with Gasteiger partial charge in [-0.3, -0.25) is 9.59 Å². The Hall–Kier alpha value is -4.46. The molecule has 3 rings (SSSR count). The molecule has 0 bridgehead atoms. The lowest BCUT2D eigenvalue weighted by molar-refractivity contribution is -0.137. The molecule has 11 heteroatoms. The highest BCUT2D eigenvalue weighted by molar-refractivity contribution is 5.94. The van der Waals surface area contributed by atoms with E-state index in [2.05, 4.69) is 10.4 Å². The second-order valence-corrected chi connectivity index (χ2v) is 6.78. The quantitative estimate of drug-likeness (QED) is 0.590. The number of rotatable bonds is 5. The van der Waals surface area contributed by atoms with Crippen LogP contribution in [-0.4, -0.2) is 28.3 Å². The molecule has 33 heavy (non-hydrogen) atoms. The lowest BCUT2D eigenvalue weighted by atomic mass is 10.2. The summed E-state index contributed by atoms with van der Waals surface area (Å²) >= 11 is 0. The van der Waals surface area contributed by atoms with Gasteiger partial charge in [0.05, 0.1) is 22.9 Å². The Kier molecular flexibility index (Phi) is 6.58. The van der Waals surface area contributed by atoms with E-state index in [1.807, 2.05) is 6.07 Å². The molecule has 0 aliphatic carbocycles. The van der Waals surface area contributed by atoms with Crippen molar-refractivity contribution in [1.82, 2.24) is 9.78 Å². The summed E-state index contributed by atoms with van der Waals surface area (Å²) in [5.41, 5.74) is -1.67. The molecule has 0 spiro atoms. The van der Waals surface area contributed by atoms with Crippen molar-refractivity contribution in [3.05, 3.63) is 87.3 Å². The number of hydrogen-bond acceptors (Lipinski definition) is 6. The number of carbonyl (C=O) groups is 2. The minimum Gasteiger partial charge on any atom is -0.451 e. The first-order chi connectivity index (χ1) is 15.6. The van der Waals surface area contributed by atoms with Crippen molar-refractivity contribution in [2.45, 2.75) is 13.1 Å². The van der Waals surface area contributed by atoms with E-state index in [1.54, 1.807) is 6.07 Å². The molecule has 0 radical (unpaired) electrons. The number of aryl methyl sites for hydroxylation is 1. The molecule has 0 atom stereocenters. The summed E-state index contributed by atoms with van der Waals surface area (Å²) in [7, 11) is 0. The van der Waals surface area contributed by atoms with Gasteiger partial charge < -0.3 is 10.1 Å². The maximum absolute atomic E-state index is 13.0. The van der Waals surface area contributed by atoms with Crippen molar-refractivity contribution in [1.29, 1.82) is 5.26 Å². The van der Waals surface area contributed by atoms with Gasteiger partial charge in [0.15, 0.2) is 6.61 Å². The molecule has 0 aliphatic heterocycles. The zero-order valence-electron chi connectivity index (χ0n) is 17.0. The third-order valence-corrected chi connectivity index (χ3v) is 4.33. The minimum atomic E-state index is -4.59. The highest BCUT2D eigenvalue weighted by Crippen LogP contribution is 2.30. The Balaban J connectivity index is 1.78. The zero-order chi connectivity index (χ0) is 24.2. The summed E-state index contributed by atoms with van der Waals surface area (Å²) in [4.78, 5) is 36.6. The predicted octanol–water partition coefficient (Wildman–Crippen LogP) is 3.23. The summed E-state index contributed by atoms with van der Waals surface area (Å²) in [5, 5.41) is 15.1. The van der Waals surface area contributed by atoms with E-state index in [4.69, 9.17) is 10.00 Å². The van der Waals surface area contributed by atoms with Crippen LogP contribution in [0.1, 0.15) is 27.3 Å². The van der Waals surface area contributed by atoms with Crippen molar-refractivity contribution in [2.75, 3.05) is 11.9 Å². The first-order valence-electron chi connectivity index (χ1n) is 9.34. The van der Waals surface area contributed by atoms with Crippen LogP contribution in [0.2, 0.25) is 0 Å². The van der Waals surface area contributed by atoms with Crippen LogP contribution in [0.3, 0.4) is 0 Å². The fraction of sp³-hybridized carbons (Fsp3) is 0.136. The van der Waals surface area contributed by atoms with Crippen LogP contribution in [0, 0.1) is 18.3 Å². The molecular weight excluding hydrogens is 441 g/mol. The topological polar surface area (TPSA) is 114 Å². The third kappa shape index (κ3) is 5.62. The minimum absolute atomic E-state index is 0.0218. The number of hydrogen-bond donors (Lipinski definition) is 1. The van der Waals surface area contributed by atoms with Crippen LogP contribution in [0.25, 0.3) is 5.69 Å². The van der Waals surface area contributed by atoms with Crippen LogP contribution >= 0.6 is 0 Å². The smallest absolute Gasteiger partial charge is 0.416 e. The Bertz CT molecular complexity index is 1330. The Morgan fingerprint density at radius 3 is 2.58 bits per heavy atom. The number of alkyl halides is 3. The first kappa shape index (κ1) is 23.2. The number of carbonyl (C=O) groups excluding carboxylic acids is 2. The van der Waals surface area contributed by atoms with Crippen LogP contribution in [0.15, 0.2) is 59.4 Å². The molecule has 2 aromatic carbocycles. The maximum Gasteiger partial charge on any atom is 0.416 e. The Labute approximate surface area is 184 Å². The van der Waals surface area contributed by atoms with Gasteiger partial charge in [-0.25, -0.2) is 9.48 Å². The first-order valence-corrected chi connectivity index (χ1v) is 9.34. The highest BCUT2D eigenvalue weighted by atomic mass is 19.4. The Morgan fingerprint density at radius 2 is 1.88 bits per heavy atom. The average molecular weight is 456 g/mol. The van der Waals surface area contributed by atoms with Gasteiger partial charge in [0, 0.05) is 17.4 Å². The number of esters is 1. The lowest BCUT2D eigenvalue weighted by Crippen LogP contribution is -2.27. The van der Waals surface area contributed by atoms with Crippen molar-refractivity contribution < 1.29 is 27.5 Å². The van der Waals surface area contributed by atoms with E-state index in [0.717, 1.165) is 22.9 Å². The number of nitriles is 1. The normalized spacial score (nSPS) is 10.9. The summed E-state index contributed by atoms with van der Waals surface area (Å²) in [5.74, 6) is -1.95. The average Bonchev–Trinajstić information content (AvgIpc) is 2.77. The van der Waals surface area contributed by atoms with Gasteiger partial charge in [-0.15, -0.1) is 0 Å². The number of nitrogens with one attached hydrogen (secondary N) is 1. The summed E-state index contributed by atoms with van der Waals surface area (Å²) < 4.78 is 44.9. The third-order valence-electron chi connectivity index (χ3n) is 4.33. The largest absolute Gasteiger partial charge is 0.451 e. The molecule has 0 saturated heterocycles. The molecule has 1 heterocycles. The fourth-order valence-corrected chi connectivity index (χ4v) is 2.83. The number of ether oxygens (including phenoxy) is 1. The van der Waals surface area contributed by atoms with Crippen molar-refractivity contribution in [3.63, 3.8) is 0 Å². The monoisotopic (exact) mass is 456 g/mol. The zero-order valence-corrected chi connectivity index (χ0v) is 17.0. The van der Waals surface area contributed by atoms with E-state index in [0.29, 0.717) is 11.3 Å². The summed E-state index contributed by atoms with van der Waals surface area (Å²) in [6, 6.07) is 13.2. The van der Waals surface area contributed by atoms with Gasteiger partial charge in [0.2, 0.25) is 11.1 Å². The molecule has 8 nitrogen and oxygen atoms in total. The number of nitrogens with zero attached hydrogens (tertiary/aromatic N) is 3. The van der Waals surface area contributed by atoms with Gasteiger partial charge in [-0.05, 0) is 43.3 Å². The Morgan fingerprint density at radius 1 is 1.15 bits per heavy atom. The molecule has 0 unspecified atom stereocenters. The molecule has 3 aromatic rings. The van der Waals surface area contributed by atoms with Gasteiger partial charge in [-0.2, -0.15) is 23.5 Å². The number of amides is 1. The van der Waals surface area contributed by atoms with Crippen molar-refractivity contribution in [3.8, 4) is 11.8 Å². The molecule has 1 N–H and O–H groups in total. The van der Waals surface area contributed by atoms with E-state index < -0.39 is 41.3 Å². The summed E-state index contributed by atoms with van der Waals surface area (Å²) in [6.45, 7) is 0.681. The van der Waals surface area contributed by atoms with Crippen LogP contribution in [0.4, 0.5) is 18.9 Å². The molecule has 0 aliphatic rings. The van der Waals surface area contributed by atoms with E-state index in [9.17, 15) is 27.6 Å². The molecule has 1 amide bonds. The van der Waals surface area contributed by atoms with Crippen LogP contribution in [-0.2, 0) is 15.7 Å². The molecular formula is C22H15F3N4O4. The van der Waals surface area contributed by atoms with E-state index in [1.165, 1.54) is 37.3 Å². The SMILES string of the molecule is Cc1cc(=O)c(C(=O)OCC(=O)Nc2cccc(C#N)c2)nn1-c1cccc(C(F)(F)F)c1. The van der Waals surface area contributed by atoms with E-state index in [-0.39, 0.29) is 11.4 Å². The number of aromatic nitrogens is 2. The predicted molar refractivity (Wildman–Crippen MR) is 110 cm³/mol. The van der Waals surface area contributed by atoms with Crippen LogP contribution < -0.4 is 10.7 Å². The number of benzene rings is 2. The highest BCUT2D eigenvalue weighted by Gasteiger charge is 2.30.